The molecular formula is C17H22BrN2OS+. The van der Waals surface area contributed by atoms with Gasteiger partial charge in [0, 0.05) is 9.85 Å². The standard InChI is InChI=1S/C17H21BrN2OS/c1-12-5-7-20(8-6-12)10-14-11-22-17(19-14)15-9-13(18)3-4-16(15)21-2/h3-4,9,11-12H,5-8,10H2,1-2H3/p+1. The van der Waals surface area contributed by atoms with Crippen LogP contribution in [0.25, 0.3) is 10.6 Å². The maximum atomic E-state index is 5.47. The predicted octanol–water partition coefficient (Wildman–Crippen LogP) is 3.40. The quantitative estimate of drug-likeness (QED) is 0.878. The van der Waals surface area contributed by atoms with Crippen molar-refractivity contribution in [2.45, 2.75) is 26.3 Å². The van der Waals surface area contributed by atoms with Crippen LogP contribution in [0.2, 0.25) is 0 Å². The fourth-order valence-corrected chi connectivity index (χ4v) is 4.16. The normalized spacial score (nSPS) is 21.8. The topological polar surface area (TPSA) is 26.6 Å². The largest absolute Gasteiger partial charge is 0.496 e. The molecule has 0 radical (unpaired) electrons. The number of halogens is 1. The van der Waals surface area contributed by atoms with E-state index in [1.807, 2.05) is 12.1 Å². The first-order valence-electron chi connectivity index (χ1n) is 7.77. The van der Waals surface area contributed by atoms with Crippen molar-refractivity contribution < 1.29 is 9.64 Å². The molecule has 5 heteroatoms. The first kappa shape index (κ1) is 16.0. The van der Waals surface area contributed by atoms with Gasteiger partial charge in [0.2, 0.25) is 0 Å². The van der Waals surface area contributed by atoms with Gasteiger partial charge in [0.15, 0.2) is 0 Å². The van der Waals surface area contributed by atoms with Crippen LogP contribution in [-0.4, -0.2) is 25.2 Å². The Hall–Kier alpha value is -0.910. The van der Waals surface area contributed by atoms with Gasteiger partial charge in [-0.05, 0) is 37.0 Å². The molecule has 0 amide bonds. The van der Waals surface area contributed by atoms with Gasteiger partial charge in [-0.15, -0.1) is 11.3 Å². The Labute approximate surface area is 144 Å². The van der Waals surface area contributed by atoms with E-state index in [2.05, 4.69) is 34.3 Å². The van der Waals surface area contributed by atoms with Crippen LogP contribution >= 0.6 is 27.3 Å². The number of nitrogens with zero attached hydrogens (tertiary/aromatic N) is 1. The van der Waals surface area contributed by atoms with Gasteiger partial charge in [-0.1, -0.05) is 22.9 Å². The summed E-state index contributed by atoms with van der Waals surface area (Å²) in [5.41, 5.74) is 2.27. The second-order valence-electron chi connectivity index (χ2n) is 6.10. The Morgan fingerprint density at radius 3 is 2.86 bits per heavy atom. The van der Waals surface area contributed by atoms with Crippen molar-refractivity contribution in [2.24, 2.45) is 5.92 Å². The molecule has 0 aliphatic carbocycles. The molecule has 1 aromatic heterocycles. The van der Waals surface area contributed by atoms with Gasteiger partial charge >= 0.3 is 0 Å². The van der Waals surface area contributed by atoms with E-state index in [0.29, 0.717) is 0 Å². The fraction of sp³-hybridized carbons (Fsp3) is 0.471. The molecule has 1 aliphatic rings. The summed E-state index contributed by atoms with van der Waals surface area (Å²) in [5, 5.41) is 3.23. The lowest BCUT2D eigenvalue weighted by Gasteiger charge is -2.26. The van der Waals surface area contributed by atoms with E-state index < -0.39 is 0 Å². The zero-order valence-corrected chi connectivity index (χ0v) is 15.5. The highest BCUT2D eigenvalue weighted by Crippen LogP contribution is 2.34. The number of nitrogens with one attached hydrogen (secondary N) is 1. The molecule has 2 heterocycles. The number of ether oxygens (including phenoxy) is 1. The number of methoxy groups -OCH3 is 1. The monoisotopic (exact) mass is 381 g/mol. The van der Waals surface area contributed by atoms with E-state index in [4.69, 9.17) is 9.72 Å². The molecule has 3 rings (SSSR count). The van der Waals surface area contributed by atoms with E-state index >= 15 is 0 Å². The first-order valence-corrected chi connectivity index (χ1v) is 9.45. The molecule has 0 bridgehead atoms. The third-order valence-electron chi connectivity index (χ3n) is 4.36. The smallest absolute Gasteiger partial charge is 0.129 e. The Morgan fingerprint density at radius 1 is 1.36 bits per heavy atom. The van der Waals surface area contributed by atoms with Crippen LogP contribution in [0.15, 0.2) is 28.1 Å². The minimum Gasteiger partial charge on any atom is -0.496 e. The van der Waals surface area contributed by atoms with Crippen molar-refractivity contribution in [3.63, 3.8) is 0 Å². The van der Waals surface area contributed by atoms with Crippen LogP contribution in [0, 0.1) is 5.92 Å². The summed E-state index contributed by atoms with van der Waals surface area (Å²) in [6.45, 7) is 5.94. The van der Waals surface area contributed by atoms with Gasteiger partial charge in [-0.3, -0.25) is 0 Å². The molecule has 1 fully saturated rings. The van der Waals surface area contributed by atoms with Crippen LogP contribution in [-0.2, 0) is 6.54 Å². The van der Waals surface area contributed by atoms with Crippen molar-refractivity contribution in [3.8, 4) is 16.3 Å². The van der Waals surface area contributed by atoms with Gasteiger partial charge in [0.1, 0.15) is 23.0 Å². The first-order chi connectivity index (χ1) is 10.7. The van der Waals surface area contributed by atoms with Crippen molar-refractivity contribution in [3.05, 3.63) is 33.7 Å². The third-order valence-corrected chi connectivity index (χ3v) is 5.77. The third kappa shape index (κ3) is 3.70. The van der Waals surface area contributed by atoms with Gasteiger partial charge in [-0.25, -0.2) is 4.98 Å². The van der Waals surface area contributed by atoms with E-state index in [1.165, 1.54) is 31.6 Å². The maximum absolute atomic E-state index is 5.47. The van der Waals surface area contributed by atoms with Crippen LogP contribution in [0.4, 0.5) is 0 Å². The number of likely N-dealkylation sites (tertiary alicyclic amines) is 1. The minimum atomic E-state index is 0.878. The summed E-state index contributed by atoms with van der Waals surface area (Å²) in [6, 6.07) is 6.06. The summed E-state index contributed by atoms with van der Waals surface area (Å²) >= 11 is 5.24. The van der Waals surface area contributed by atoms with Crippen molar-refractivity contribution in [2.75, 3.05) is 20.2 Å². The maximum Gasteiger partial charge on any atom is 0.129 e. The molecule has 1 aromatic carbocycles. The average molecular weight is 382 g/mol. The zero-order valence-electron chi connectivity index (χ0n) is 13.1. The van der Waals surface area contributed by atoms with Crippen molar-refractivity contribution >= 4 is 27.3 Å². The number of quaternary nitrogens is 1. The van der Waals surface area contributed by atoms with Crippen molar-refractivity contribution in [1.82, 2.24) is 4.98 Å². The van der Waals surface area contributed by atoms with Gasteiger partial charge in [-0.2, -0.15) is 0 Å². The highest BCUT2D eigenvalue weighted by molar-refractivity contribution is 9.10. The molecule has 1 aliphatic heterocycles. The molecule has 0 spiro atoms. The van der Waals surface area contributed by atoms with Crippen LogP contribution in [0.3, 0.4) is 0 Å². The lowest BCUT2D eigenvalue weighted by atomic mass is 9.99. The summed E-state index contributed by atoms with van der Waals surface area (Å²) in [7, 11) is 1.71. The van der Waals surface area contributed by atoms with E-state index in [-0.39, 0.29) is 0 Å². The Morgan fingerprint density at radius 2 is 2.14 bits per heavy atom. The Balaban J connectivity index is 1.75. The molecule has 3 nitrogen and oxygen atoms in total. The van der Waals surface area contributed by atoms with Gasteiger partial charge < -0.3 is 9.64 Å². The van der Waals surface area contributed by atoms with Crippen LogP contribution in [0.1, 0.15) is 25.5 Å². The molecule has 22 heavy (non-hydrogen) atoms. The molecular weight excluding hydrogens is 360 g/mol. The average Bonchev–Trinajstić information content (AvgIpc) is 2.98. The van der Waals surface area contributed by atoms with Crippen LogP contribution in [0.5, 0.6) is 5.75 Å². The number of rotatable bonds is 4. The second kappa shape index (κ2) is 7.11. The number of piperidine rings is 1. The molecule has 0 unspecified atom stereocenters. The second-order valence-corrected chi connectivity index (χ2v) is 7.87. The molecule has 0 saturated carbocycles. The lowest BCUT2D eigenvalue weighted by molar-refractivity contribution is -0.920. The number of benzene rings is 1. The lowest BCUT2D eigenvalue weighted by Crippen LogP contribution is -3.11. The van der Waals surface area contributed by atoms with Gasteiger partial charge in [0.05, 0.1) is 25.8 Å². The molecule has 0 atom stereocenters. The number of hydrogen-bond donors (Lipinski definition) is 1. The molecule has 1 saturated heterocycles. The number of aromatic nitrogens is 1. The summed E-state index contributed by atoms with van der Waals surface area (Å²) in [5.74, 6) is 1.77. The molecule has 1 N–H and O–H groups in total. The zero-order chi connectivity index (χ0) is 15.5. The summed E-state index contributed by atoms with van der Waals surface area (Å²) in [4.78, 5) is 6.50. The number of thiazole rings is 1. The molecule has 2 aromatic rings. The van der Waals surface area contributed by atoms with Crippen molar-refractivity contribution in [1.29, 1.82) is 0 Å². The summed E-state index contributed by atoms with van der Waals surface area (Å²) < 4.78 is 6.52. The van der Waals surface area contributed by atoms with E-state index in [0.717, 1.165) is 33.3 Å². The predicted molar refractivity (Wildman–Crippen MR) is 94.6 cm³/mol. The Bertz CT molecular complexity index is 635. The van der Waals surface area contributed by atoms with E-state index in [1.54, 1.807) is 23.3 Å². The summed E-state index contributed by atoms with van der Waals surface area (Å²) in [6.07, 6.45) is 2.68. The Kier molecular flexibility index (Phi) is 5.16. The van der Waals surface area contributed by atoms with E-state index in [9.17, 15) is 0 Å². The minimum absolute atomic E-state index is 0.878. The highest BCUT2D eigenvalue weighted by atomic mass is 79.9. The number of hydrogen-bond acceptors (Lipinski definition) is 3. The SMILES string of the molecule is COc1ccc(Br)cc1-c1nc(C[NH+]2CCC(C)CC2)cs1. The van der Waals surface area contributed by atoms with Gasteiger partial charge in [0.25, 0.3) is 0 Å². The highest BCUT2D eigenvalue weighted by Gasteiger charge is 2.20. The van der Waals surface area contributed by atoms with Crippen LogP contribution < -0.4 is 9.64 Å². The fourth-order valence-electron chi connectivity index (χ4n) is 2.96. The molecule has 118 valence electrons.